The van der Waals surface area contributed by atoms with Gasteiger partial charge < -0.3 is 14.8 Å². The lowest BCUT2D eigenvalue weighted by Gasteiger charge is -2.17. The lowest BCUT2D eigenvalue weighted by Crippen LogP contribution is -2.15. The number of hydrogen-bond acceptors (Lipinski definition) is 5. The molecule has 2 heterocycles. The largest absolute Gasteiger partial charge is 0.486 e. The lowest BCUT2D eigenvalue weighted by atomic mass is 9.97. The molecule has 0 spiro atoms. The van der Waals surface area contributed by atoms with Gasteiger partial charge in [0.05, 0.1) is 16.6 Å². The highest BCUT2D eigenvalue weighted by atomic mass is 32.1. The molecule has 0 radical (unpaired) electrons. The third-order valence-electron chi connectivity index (χ3n) is 4.48. The topological polar surface area (TPSA) is 60.5 Å². The molecule has 1 aliphatic heterocycles. The van der Waals surface area contributed by atoms with E-state index >= 15 is 0 Å². The van der Waals surface area contributed by atoms with E-state index in [4.69, 9.17) is 9.47 Å². The summed E-state index contributed by atoms with van der Waals surface area (Å²) in [5, 5.41) is 3.52. The number of ether oxygens (including phenoxy) is 2. The zero-order valence-electron chi connectivity index (χ0n) is 15.0. The second kappa shape index (κ2) is 6.61. The zero-order chi connectivity index (χ0) is 18.3. The average Bonchev–Trinajstić information content (AvgIpc) is 2.96. The average molecular weight is 368 g/mol. The molecule has 1 N–H and O–H groups in total. The fraction of sp³-hybridized carbons (Fsp3) is 0.300. The number of hydrogen-bond donors (Lipinski definition) is 1. The summed E-state index contributed by atoms with van der Waals surface area (Å²) in [7, 11) is 0. The molecule has 134 valence electrons. The van der Waals surface area contributed by atoms with Gasteiger partial charge in [0, 0.05) is 12.1 Å². The monoisotopic (exact) mass is 368 g/mol. The van der Waals surface area contributed by atoms with E-state index in [1.54, 1.807) is 0 Å². The van der Waals surface area contributed by atoms with Gasteiger partial charge in [-0.05, 0) is 37.5 Å². The van der Waals surface area contributed by atoms with Crippen molar-refractivity contribution in [3.05, 3.63) is 46.5 Å². The maximum atomic E-state index is 12.5. The summed E-state index contributed by atoms with van der Waals surface area (Å²) in [6.07, 6.45) is 0.344. The van der Waals surface area contributed by atoms with Crippen LogP contribution in [0.15, 0.2) is 24.3 Å². The number of benzene rings is 2. The quantitative estimate of drug-likeness (QED) is 0.754. The molecule has 5 nitrogen and oxygen atoms in total. The highest BCUT2D eigenvalue weighted by Crippen LogP contribution is 2.37. The van der Waals surface area contributed by atoms with E-state index in [1.165, 1.54) is 16.9 Å². The highest BCUT2D eigenvalue weighted by Gasteiger charge is 2.16. The highest BCUT2D eigenvalue weighted by molar-refractivity contribution is 7.22. The normalized spacial score (nSPS) is 13.0. The second-order valence-electron chi connectivity index (χ2n) is 6.58. The Kier molecular flexibility index (Phi) is 4.28. The first-order valence-electron chi connectivity index (χ1n) is 8.56. The Balaban J connectivity index is 1.54. The first kappa shape index (κ1) is 16.8. The van der Waals surface area contributed by atoms with Gasteiger partial charge in [0.15, 0.2) is 16.6 Å². The van der Waals surface area contributed by atoms with Crippen LogP contribution in [0.1, 0.15) is 22.3 Å². The molecule has 3 aromatic rings. The number of aromatic nitrogens is 1. The molecule has 0 unspecified atom stereocenters. The molecule has 0 aliphatic carbocycles. The number of carbonyl (C=O) groups is 1. The lowest BCUT2D eigenvalue weighted by molar-refractivity contribution is -0.115. The number of rotatable bonds is 3. The Hall–Kier alpha value is -2.60. The number of nitrogens with zero attached hydrogens (tertiary/aromatic N) is 1. The SMILES string of the molecule is Cc1cc(C)c(CC(=O)Nc2nc3cc4c(cc3s2)OCCO4)c(C)c1. The van der Waals surface area contributed by atoms with E-state index in [9.17, 15) is 4.79 Å². The summed E-state index contributed by atoms with van der Waals surface area (Å²) in [4.78, 5) is 17.0. The Bertz CT molecular complexity index is 944. The van der Waals surface area contributed by atoms with E-state index in [0.717, 1.165) is 32.7 Å². The standard InChI is InChI=1S/C20H20N2O3S/c1-11-6-12(2)14(13(3)7-11)8-19(23)22-20-21-15-9-16-17(10-18(15)26-20)25-5-4-24-16/h6-7,9-10H,4-5,8H2,1-3H3,(H,21,22,23). The summed E-state index contributed by atoms with van der Waals surface area (Å²) in [6, 6.07) is 8.01. The van der Waals surface area contributed by atoms with Crippen molar-refractivity contribution in [1.82, 2.24) is 4.98 Å². The van der Waals surface area contributed by atoms with Gasteiger partial charge in [-0.25, -0.2) is 4.98 Å². The molecule has 0 fully saturated rings. The molecular formula is C20H20N2O3S. The van der Waals surface area contributed by atoms with Crippen molar-refractivity contribution >= 4 is 32.6 Å². The number of anilines is 1. The van der Waals surface area contributed by atoms with Gasteiger partial charge in [-0.1, -0.05) is 29.0 Å². The van der Waals surface area contributed by atoms with Crippen LogP contribution in [0.3, 0.4) is 0 Å². The van der Waals surface area contributed by atoms with Crippen LogP contribution in [0.4, 0.5) is 5.13 Å². The number of carbonyl (C=O) groups excluding carboxylic acids is 1. The zero-order valence-corrected chi connectivity index (χ0v) is 15.8. The summed E-state index contributed by atoms with van der Waals surface area (Å²) < 4.78 is 12.2. The maximum Gasteiger partial charge on any atom is 0.230 e. The van der Waals surface area contributed by atoms with Crippen LogP contribution in [0, 0.1) is 20.8 Å². The molecule has 4 rings (SSSR count). The van der Waals surface area contributed by atoms with Gasteiger partial charge in [-0.3, -0.25) is 4.79 Å². The minimum atomic E-state index is -0.0589. The second-order valence-corrected chi connectivity index (χ2v) is 7.62. The van der Waals surface area contributed by atoms with Crippen molar-refractivity contribution in [2.24, 2.45) is 0 Å². The predicted octanol–water partition coefficient (Wildman–Crippen LogP) is 4.17. The summed E-state index contributed by atoms with van der Waals surface area (Å²) in [5.41, 5.74) is 5.38. The van der Waals surface area contributed by atoms with Crippen LogP contribution in [-0.2, 0) is 11.2 Å². The van der Waals surface area contributed by atoms with E-state index in [2.05, 4.69) is 29.4 Å². The van der Waals surface area contributed by atoms with Crippen molar-refractivity contribution in [3.63, 3.8) is 0 Å². The third kappa shape index (κ3) is 3.24. The number of nitrogens with one attached hydrogen (secondary N) is 1. The molecule has 6 heteroatoms. The van der Waals surface area contributed by atoms with Crippen molar-refractivity contribution in [3.8, 4) is 11.5 Å². The minimum absolute atomic E-state index is 0.0589. The van der Waals surface area contributed by atoms with Crippen LogP contribution in [-0.4, -0.2) is 24.1 Å². The van der Waals surface area contributed by atoms with Gasteiger partial charge >= 0.3 is 0 Å². The van der Waals surface area contributed by atoms with Crippen molar-refractivity contribution in [2.45, 2.75) is 27.2 Å². The third-order valence-corrected chi connectivity index (χ3v) is 5.41. The first-order chi connectivity index (χ1) is 12.5. The Morgan fingerprint density at radius 3 is 2.42 bits per heavy atom. The number of thiazole rings is 1. The molecule has 0 bridgehead atoms. The maximum absolute atomic E-state index is 12.5. The van der Waals surface area contributed by atoms with E-state index in [-0.39, 0.29) is 5.91 Å². The fourth-order valence-corrected chi connectivity index (χ4v) is 4.22. The van der Waals surface area contributed by atoms with E-state index in [0.29, 0.717) is 30.5 Å². The minimum Gasteiger partial charge on any atom is -0.486 e. The van der Waals surface area contributed by atoms with Crippen molar-refractivity contribution in [1.29, 1.82) is 0 Å². The molecule has 0 atom stereocenters. The van der Waals surface area contributed by atoms with Crippen LogP contribution in [0.2, 0.25) is 0 Å². The summed E-state index contributed by atoms with van der Waals surface area (Å²) in [6.45, 7) is 7.26. The van der Waals surface area contributed by atoms with Gasteiger partial charge in [0.25, 0.3) is 0 Å². The molecular weight excluding hydrogens is 348 g/mol. The molecule has 0 saturated heterocycles. The van der Waals surface area contributed by atoms with E-state index < -0.39 is 0 Å². The number of aryl methyl sites for hydroxylation is 3. The van der Waals surface area contributed by atoms with Crippen LogP contribution in [0.5, 0.6) is 11.5 Å². The van der Waals surface area contributed by atoms with Crippen LogP contribution in [0.25, 0.3) is 10.2 Å². The molecule has 0 saturated carbocycles. The first-order valence-corrected chi connectivity index (χ1v) is 9.38. The fourth-order valence-electron chi connectivity index (χ4n) is 3.33. The molecule has 1 amide bonds. The molecule has 1 aromatic heterocycles. The van der Waals surface area contributed by atoms with Gasteiger partial charge in [0.1, 0.15) is 13.2 Å². The summed E-state index contributed by atoms with van der Waals surface area (Å²) >= 11 is 1.44. The van der Waals surface area contributed by atoms with Crippen molar-refractivity contribution < 1.29 is 14.3 Å². The number of amides is 1. The van der Waals surface area contributed by atoms with Crippen LogP contribution < -0.4 is 14.8 Å². The van der Waals surface area contributed by atoms with Crippen LogP contribution >= 0.6 is 11.3 Å². The molecule has 2 aromatic carbocycles. The van der Waals surface area contributed by atoms with E-state index in [1.807, 2.05) is 26.0 Å². The van der Waals surface area contributed by atoms with Gasteiger partial charge in [0.2, 0.25) is 5.91 Å². The Morgan fingerprint density at radius 1 is 1.08 bits per heavy atom. The predicted molar refractivity (Wildman–Crippen MR) is 104 cm³/mol. The number of fused-ring (bicyclic) bond motifs is 2. The van der Waals surface area contributed by atoms with Gasteiger partial charge in [-0.15, -0.1) is 0 Å². The van der Waals surface area contributed by atoms with Gasteiger partial charge in [-0.2, -0.15) is 0 Å². The summed E-state index contributed by atoms with van der Waals surface area (Å²) in [5.74, 6) is 1.38. The Labute approximate surface area is 156 Å². The smallest absolute Gasteiger partial charge is 0.230 e. The van der Waals surface area contributed by atoms with Crippen molar-refractivity contribution in [2.75, 3.05) is 18.5 Å². The molecule has 1 aliphatic rings. The molecule has 26 heavy (non-hydrogen) atoms. The Morgan fingerprint density at radius 2 is 1.73 bits per heavy atom.